The van der Waals surface area contributed by atoms with Crippen molar-refractivity contribution < 1.29 is 4.39 Å². The first kappa shape index (κ1) is 14.2. The van der Waals surface area contributed by atoms with Crippen molar-refractivity contribution in [3.8, 4) is 0 Å². The summed E-state index contributed by atoms with van der Waals surface area (Å²) in [6.07, 6.45) is 1.67. The summed E-state index contributed by atoms with van der Waals surface area (Å²) in [4.78, 5) is 20.6. The maximum absolute atomic E-state index is 12.8. The highest BCUT2D eigenvalue weighted by molar-refractivity contribution is 5.38. The van der Waals surface area contributed by atoms with Gasteiger partial charge in [-0.3, -0.25) is 9.89 Å². The van der Waals surface area contributed by atoms with Gasteiger partial charge in [0.15, 0.2) is 0 Å². The first-order valence-electron chi connectivity index (χ1n) is 7.12. The lowest BCUT2D eigenvalue weighted by molar-refractivity contribution is 0.627. The third-order valence-electron chi connectivity index (χ3n) is 3.26. The number of nitrogens with zero attached hydrogens (tertiary/aromatic N) is 3. The molecule has 0 fully saturated rings. The standard InChI is InChI=1S/C15H16FN5O/c1-2-3-12-8-13(22)21-15(18-12)19-14(20-21)17-9-10-4-6-11(16)7-5-10/h4-8H,2-3,9H2,1H3,(H2,17,18,19,20). The number of nitrogens with one attached hydrogen (secondary N) is 2. The molecule has 6 nitrogen and oxygen atoms in total. The second kappa shape index (κ2) is 5.97. The highest BCUT2D eigenvalue weighted by atomic mass is 19.1. The largest absolute Gasteiger partial charge is 0.351 e. The summed E-state index contributed by atoms with van der Waals surface area (Å²) < 4.78 is 14.1. The molecule has 0 radical (unpaired) electrons. The SMILES string of the molecule is CCCc1cc(=O)n2[nH]c(NCc3ccc(F)cc3)nc2n1. The van der Waals surface area contributed by atoms with Gasteiger partial charge in [0, 0.05) is 12.6 Å². The Hall–Kier alpha value is -2.70. The number of benzene rings is 1. The fraction of sp³-hybridized carbons (Fsp3) is 0.267. The molecule has 0 saturated heterocycles. The molecule has 0 aliphatic carbocycles. The monoisotopic (exact) mass is 301 g/mol. The number of halogens is 1. The van der Waals surface area contributed by atoms with Crippen LogP contribution >= 0.6 is 0 Å². The van der Waals surface area contributed by atoms with Gasteiger partial charge in [0.1, 0.15) is 5.82 Å². The van der Waals surface area contributed by atoms with Gasteiger partial charge < -0.3 is 5.32 Å². The predicted molar refractivity (Wildman–Crippen MR) is 81.3 cm³/mol. The van der Waals surface area contributed by atoms with Gasteiger partial charge in [0.25, 0.3) is 11.3 Å². The molecule has 22 heavy (non-hydrogen) atoms. The Balaban J connectivity index is 1.81. The summed E-state index contributed by atoms with van der Waals surface area (Å²) in [5.74, 6) is 0.520. The molecule has 0 amide bonds. The van der Waals surface area contributed by atoms with E-state index in [9.17, 15) is 9.18 Å². The van der Waals surface area contributed by atoms with Crippen LogP contribution in [0.15, 0.2) is 35.1 Å². The maximum atomic E-state index is 12.8. The molecule has 0 spiro atoms. The normalized spacial score (nSPS) is 11.0. The Morgan fingerprint density at radius 3 is 2.77 bits per heavy atom. The lowest BCUT2D eigenvalue weighted by Crippen LogP contribution is -2.15. The fourth-order valence-corrected chi connectivity index (χ4v) is 2.18. The summed E-state index contributed by atoms with van der Waals surface area (Å²) in [5, 5.41) is 5.92. The molecule has 0 saturated carbocycles. The minimum atomic E-state index is -0.272. The first-order chi connectivity index (χ1) is 10.7. The Labute approximate surface area is 126 Å². The van der Waals surface area contributed by atoms with Crippen molar-refractivity contribution in [2.75, 3.05) is 5.32 Å². The molecule has 0 aliphatic rings. The van der Waals surface area contributed by atoms with Crippen LogP contribution in [0.5, 0.6) is 0 Å². The van der Waals surface area contributed by atoms with Crippen molar-refractivity contribution in [1.82, 2.24) is 19.6 Å². The zero-order chi connectivity index (χ0) is 15.5. The van der Waals surface area contributed by atoms with Crippen LogP contribution in [0.25, 0.3) is 5.78 Å². The topological polar surface area (TPSA) is 75.1 Å². The van der Waals surface area contributed by atoms with Crippen LogP contribution in [0.3, 0.4) is 0 Å². The average molecular weight is 301 g/mol. The van der Waals surface area contributed by atoms with E-state index >= 15 is 0 Å². The number of H-pyrrole nitrogens is 1. The molecule has 0 bridgehead atoms. The lowest BCUT2D eigenvalue weighted by atomic mass is 10.2. The highest BCUT2D eigenvalue weighted by Crippen LogP contribution is 2.07. The molecule has 2 aromatic heterocycles. The molecule has 114 valence electrons. The van der Waals surface area contributed by atoms with Crippen LogP contribution in [0.4, 0.5) is 10.3 Å². The Bertz CT molecular complexity index is 837. The molecule has 1 aromatic carbocycles. The minimum absolute atomic E-state index is 0.184. The van der Waals surface area contributed by atoms with Gasteiger partial charge in [-0.05, 0) is 24.1 Å². The third-order valence-corrected chi connectivity index (χ3v) is 3.26. The van der Waals surface area contributed by atoms with Crippen molar-refractivity contribution in [3.63, 3.8) is 0 Å². The second-order valence-electron chi connectivity index (χ2n) is 5.02. The zero-order valence-corrected chi connectivity index (χ0v) is 12.1. The van der Waals surface area contributed by atoms with Gasteiger partial charge in [-0.15, -0.1) is 0 Å². The average Bonchev–Trinajstić information content (AvgIpc) is 2.91. The van der Waals surface area contributed by atoms with E-state index in [0.29, 0.717) is 18.3 Å². The summed E-state index contributed by atoms with van der Waals surface area (Å²) in [5.41, 5.74) is 1.47. The van der Waals surface area contributed by atoms with E-state index in [1.165, 1.54) is 22.7 Å². The third kappa shape index (κ3) is 2.98. The molecule has 2 heterocycles. The number of fused-ring (bicyclic) bond motifs is 1. The Morgan fingerprint density at radius 1 is 1.27 bits per heavy atom. The predicted octanol–water partition coefficient (Wildman–Crippen LogP) is 2.12. The van der Waals surface area contributed by atoms with E-state index in [2.05, 4.69) is 20.4 Å². The van der Waals surface area contributed by atoms with Crippen molar-refractivity contribution in [1.29, 1.82) is 0 Å². The van der Waals surface area contributed by atoms with Gasteiger partial charge in [0.05, 0.1) is 5.69 Å². The molecule has 0 unspecified atom stereocenters. The molecule has 3 rings (SSSR count). The summed E-state index contributed by atoms with van der Waals surface area (Å²) in [7, 11) is 0. The van der Waals surface area contributed by atoms with Gasteiger partial charge in [0.2, 0.25) is 5.95 Å². The number of aryl methyl sites for hydroxylation is 1. The maximum Gasteiger partial charge on any atom is 0.274 e. The number of aromatic nitrogens is 4. The van der Waals surface area contributed by atoms with Gasteiger partial charge in [-0.1, -0.05) is 25.5 Å². The van der Waals surface area contributed by atoms with Crippen LogP contribution in [-0.2, 0) is 13.0 Å². The Kier molecular flexibility index (Phi) is 3.86. The van der Waals surface area contributed by atoms with E-state index < -0.39 is 0 Å². The number of hydrogen-bond acceptors (Lipinski definition) is 4. The van der Waals surface area contributed by atoms with Crippen molar-refractivity contribution in [2.24, 2.45) is 0 Å². The van der Waals surface area contributed by atoms with Crippen molar-refractivity contribution >= 4 is 11.7 Å². The second-order valence-corrected chi connectivity index (χ2v) is 5.02. The summed E-state index contributed by atoms with van der Waals surface area (Å²) in [6, 6.07) is 7.69. The number of aromatic amines is 1. The minimum Gasteiger partial charge on any atom is -0.351 e. The molecule has 0 aliphatic heterocycles. The molecule has 3 aromatic rings. The molecule has 7 heteroatoms. The highest BCUT2D eigenvalue weighted by Gasteiger charge is 2.07. The van der Waals surface area contributed by atoms with E-state index in [4.69, 9.17) is 0 Å². The smallest absolute Gasteiger partial charge is 0.274 e. The first-order valence-corrected chi connectivity index (χ1v) is 7.12. The van der Waals surface area contributed by atoms with E-state index in [1.807, 2.05) is 6.92 Å². The van der Waals surface area contributed by atoms with Gasteiger partial charge in [-0.25, -0.2) is 9.37 Å². The number of hydrogen-bond donors (Lipinski definition) is 2. The molecular formula is C15H16FN5O. The molecular weight excluding hydrogens is 285 g/mol. The molecule has 0 atom stereocenters. The zero-order valence-electron chi connectivity index (χ0n) is 12.1. The van der Waals surface area contributed by atoms with Crippen LogP contribution in [0, 0.1) is 5.82 Å². The van der Waals surface area contributed by atoms with E-state index in [0.717, 1.165) is 24.1 Å². The quantitative estimate of drug-likeness (QED) is 0.757. The van der Waals surface area contributed by atoms with Gasteiger partial charge in [-0.2, -0.15) is 9.50 Å². The van der Waals surface area contributed by atoms with Crippen LogP contribution in [0.2, 0.25) is 0 Å². The Morgan fingerprint density at radius 2 is 2.05 bits per heavy atom. The fourth-order valence-electron chi connectivity index (χ4n) is 2.18. The van der Waals surface area contributed by atoms with Gasteiger partial charge >= 0.3 is 0 Å². The lowest BCUT2D eigenvalue weighted by Gasteiger charge is -2.01. The van der Waals surface area contributed by atoms with Crippen LogP contribution in [-0.4, -0.2) is 19.6 Å². The van der Waals surface area contributed by atoms with E-state index in [-0.39, 0.29) is 11.4 Å². The van der Waals surface area contributed by atoms with Crippen molar-refractivity contribution in [2.45, 2.75) is 26.3 Å². The summed E-state index contributed by atoms with van der Waals surface area (Å²) >= 11 is 0. The summed E-state index contributed by atoms with van der Waals surface area (Å²) in [6.45, 7) is 2.50. The van der Waals surface area contributed by atoms with Crippen LogP contribution in [0.1, 0.15) is 24.6 Å². The molecule has 2 N–H and O–H groups in total. The number of anilines is 1. The van der Waals surface area contributed by atoms with Crippen LogP contribution < -0.4 is 10.9 Å². The number of rotatable bonds is 5. The van der Waals surface area contributed by atoms with Crippen molar-refractivity contribution in [3.05, 3.63) is 57.8 Å². The van der Waals surface area contributed by atoms with E-state index in [1.54, 1.807) is 12.1 Å².